The minimum atomic E-state index is -0.765. The van der Waals surface area contributed by atoms with Gasteiger partial charge in [-0.25, -0.2) is 0 Å². The highest BCUT2D eigenvalue weighted by Crippen LogP contribution is 2.51. The van der Waals surface area contributed by atoms with Gasteiger partial charge in [0.05, 0.1) is 0 Å². The summed E-state index contributed by atoms with van der Waals surface area (Å²) in [4.78, 5) is 12.9. The molecule has 2 aromatic rings. The van der Waals surface area contributed by atoms with Gasteiger partial charge in [0.2, 0.25) is 0 Å². The van der Waals surface area contributed by atoms with Crippen LogP contribution < -0.4 is 5.32 Å². The molecule has 3 rings (SSSR count). The maximum absolute atomic E-state index is 11.6. The number of carboxylic acid groups (broad SMARTS) is 1. The Bertz CT molecular complexity index is 582. The fourth-order valence-corrected chi connectivity index (χ4v) is 3.43. The highest BCUT2D eigenvalue weighted by molar-refractivity contribution is 7.09. The number of aliphatic carboxylic acids is 1. The normalized spacial score (nSPS) is 24.5. The number of carbonyl (C=O) groups is 1. The average molecular weight is 287 g/mol. The van der Waals surface area contributed by atoms with Crippen LogP contribution >= 0.6 is 11.3 Å². The van der Waals surface area contributed by atoms with Crippen molar-refractivity contribution < 1.29 is 9.90 Å². The molecule has 0 spiro atoms. The molecule has 104 valence electrons. The zero-order valence-corrected chi connectivity index (χ0v) is 11.9. The van der Waals surface area contributed by atoms with Crippen molar-refractivity contribution in [1.29, 1.82) is 0 Å². The first-order chi connectivity index (χ1) is 9.72. The van der Waals surface area contributed by atoms with Gasteiger partial charge in [-0.15, -0.1) is 11.3 Å². The van der Waals surface area contributed by atoms with Crippen LogP contribution in [0.5, 0.6) is 0 Å². The van der Waals surface area contributed by atoms with E-state index in [0.29, 0.717) is 13.0 Å². The lowest BCUT2D eigenvalue weighted by molar-refractivity contribution is -0.140. The number of hydrogen-bond acceptors (Lipinski definition) is 3. The molecule has 1 aliphatic carbocycles. The Kier molecular flexibility index (Phi) is 3.59. The van der Waals surface area contributed by atoms with Crippen molar-refractivity contribution in [3.05, 3.63) is 58.3 Å². The van der Waals surface area contributed by atoms with Crippen molar-refractivity contribution in [2.24, 2.45) is 0 Å². The molecule has 0 aliphatic heterocycles. The molecule has 1 saturated carbocycles. The zero-order valence-electron chi connectivity index (χ0n) is 11.1. The lowest BCUT2D eigenvalue weighted by Gasteiger charge is -2.14. The van der Waals surface area contributed by atoms with E-state index in [2.05, 4.69) is 11.4 Å². The third-order valence-electron chi connectivity index (χ3n) is 3.94. The molecule has 1 aliphatic rings. The number of carboxylic acids is 1. The molecule has 1 heterocycles. The van der Waals surface area contributed by atoms with Gasteiger partial charge in [-0.05, 0) is 29.9 Å². The Balaban J connectivity index is 1.64. The molecule has 4 heteroatoms. The summed E-state index contributed by atoms with van der Waals surface area (Å²) in [5.41, 5.74) is 0.344. The molecule has 0 radical (unpaired) electrons. The SMILES string of the molecule is O=C(O)C1(NCCc2cccs2)CC1c1ccccc1. The van der Waals surface area contributed by atoms with Gasteiger partial charge < -0.3 is 10.4 Å². The predicted molar refractivity (Wildman–Crippen MR) is 80.2 cm³/mol. The van der Waals surface area contributed by atoms with Gasteiger partial charge in [0.1, 0.15) is 5.54 Å². The predicted octanol–water partition coefficient (Wildman–Crippen LogP) is 2.89. The van der Waals surface area contributed by atoms with Crippen LogP contribution in [0.1, 0.15) is 22.8 Å². The molecule has 20 heavy (non-hydrogen) atoms. The third kappa shape index (κ3) is 2.49. The van der Waals surface area contributed by atoms with Crippen LogP contribution in [0.2, 0.25) is 0 Å². The molecule has 1 aromatic heterocycles. The smallest absolute Gasteiger partial charge is 0.324 e. The maximum Gasteiger partial charge on any atom is 0.324 e. The van der Waals surface area contributed by atoms with Crippen LogP contribution in [0.15, 0.2) is 47.8 Å². The summed E-state index contributed by atoms with van der Waals surface area (Å²) >= 11 is 1.71. The molecule has 3 nitrogen and oxygen atoms in total. The lowest BCUT2D eigenvalue weighted by atomic mass is 10.1. The van der Waals surface area contributed by atoms with Crippen LogP contribution in [0, 0.1) is 0 Å². The van der Waals surface area contributed by atoms with Crippen LogP contribution in [-0.4, -0.2) is 23.2 Å². The molecule has 0 saturated heterocycles. The number of hydrogen-bond donors (Lipinski definition) is 2. The van der Waals surface area contributed by atoms with Gasteiger partial charge in [0.15, 0.2) is 0 Å². The van der Waals surface area contributed by atoms with Gasteiger partial charge in [-0.2, -0.15) is 0 Å². The molecule has 2 atom stereocenters. The number of benzene rings is 1. The summed E-state index contributed by atoms with van der Waals surface area (Å²) in [5, 5.41) is 14.8. The number of thiophene rings is 1. The van der Waals surface area contributed by atoms with E-state index in [0.717, 1.165) is 12.0 Å². The van der Waals surface area contributed by atoms with E-state index in [9.17, 15) is 9.90 Å². The summed E-state index contributed by atoms with van der Waals surface area (Å²) in [6.45, 7) is 0.705. The third-order valence-corrected chi connectivity index (χ3v) is 4.87. The second-order valence-corrected chi connectivity index (χ2v) is 6.23. The zero-order chi connectivity index (χ0) is 14.0. The van der Waals surface area contributed by atoms with E-state index in [4.69, 9.17) is 0 Å². The average Bonchev–Trinajstić information content (AvgIpc) is 2.97. The second kappa shape index (κ2) is 5.38. The van der Waals surface area contributed by atoms with Crippen LogP contribution in [0.3, 0.4) is 0 Å². The largest absolute Gasteiger partial charge is 0.480 e. The van der Waals surface area contributed by atoms with Crippen LogP contribution in [0.25, 0.3) is 0 Å². The van der Waals surface area contributed by atoms with E-state index in [-0.39, 0.29) is 5.92 Å². The topological polar surface area (TPSA) is 49.3 Å². The standard InChI is InChI=1S/C16H17NO2S/c18-15(19)16(17-9-8-13-7-4-10-20-13)11-14(16)12-5-2-1-3-6-12/h1-7,10,14,17H,8-9,11H2,(H,18,19). The summed E-state index contributed by atoms with van der Waals surface area (Å²) < 4.78 is 0. The molecular formula is C16H17NO2S. The van der Waals surface area contributed by atoms with Crippen molar-refractivity contribution >= 4 is 17.3 Å². The fraction of sp³-hybridized carbons (Fsp3) is 0.312. The van der Waals surface area contributed by atoms with Crippen molar-refractivity contribution in [2.75, 3.05) is 6.54 Å². The van der Waals surface area contributed by atoms with E-state index < -0.39 is 11.5 Å². The van der Waals surface area contributed by atoms with Gasteiger partial charge in [-0.3, -0.25) is 4.79 Å². The van der Waals surface area contributed by atoms with E-state index >= 15 is 0 Å². The van der Waals surface area contributed by atoms with E-state index in [1.807, 2.05) is 41.8 Å². The Labute approximate surface area is 122 Å². The molecule has 2 N–H and O–H groups in total. The van der Waals surface area contributed by atoms with Gasteiger partial charge in [0, 0.05) is 17.3 Å². The molecule has 0 amide bonds. The lowest BCUT2D eigenvalue weighted by Crippen LogP contribution is -2.41. The Hall–Kier alpha value is -1.65. The van der Waals surface area contributed by atoms with E-state index in [1.165, 1.54) is 4.88 Å². The minimum Gasteiger partial charge on any atom is -0.480 e. The Morgan fingerprint density at radius 2 is 2.10 bits per heavy atom. The molecule has 0 bridgehead atoms. The Morgan fingerprint density at radius 3 is 2.75 bits per heavy atom. The first-order valence-corrected chi connectivity index (χ1v) is 7.66. The summed E-state index contributed by atoms with van der Waals surface area (Å²) in [7, 11) is 0. The number of rotatable bonds is 6. The monoisotopic (exact) mass is 287 g/mol. The second-order valence-electron chi connectivity index (χ2n) is 5.20. The van der Waals surface area contributed by atoms with Crippen LogP contribution in [-0.2, 0) is 11.2 Å². The summed E-state index contributed by atoms with van der Waals surface area (Å²) in [6, 6.07) is 14.0. The van der Waals surface area contributed by atoms with Crippen LogP contribution in [0.4, 0.5) is 0 Å². The Morgan fingerprint density at radius 1 is 1.30 bits per heavy atom. The van der Waals surface area contributed by atoms with Crippen molar-refractivity contribution in [3.8, 4) is 0 Å². The maximum atomic E-state index is 11.6. The van der Waals surface area contributed by atoms with Gasteiger partial charge in [0.25, 0.3) is 0 Å². The molecule has 1 aromatic carbocycles. The van der Waals surface area contributed by atoms with Gasteiger partial charge >= 0.3 is 5.97 Å². The molecular weight excluding hydrogens is 270 g/mol. The van der Waals surface area contributed by atoms with Crippen molar-refractivity contribution in [3.63, 3.8) is 0 Å². The minimum absolute atomic E-state index is 0.0875. The summed E-state index contributed by atoms with van der Waals surface area (Å²) in [5.74, 6) is -0.651. The molecule has 2 unspecified atom stereocenters. The highest BCUT2D eigenvalue weighted by atomic mass is 32.1. The van der Waals surface area contributed by atoms with Gasteiger partial charge in [-0.1, -0.05) is 36.4 Å². The molecule has 1 fully saturated rings. The first kappa shape index (κ1) is 13.3. The van der Waals surface area contributed by atoms with E-state index in [1.54, 1.807) is 11.3 Å². The quantitative estimate of drug-likeness (QED) is 0.859. The highest BCUT2D eigenvalue weighted by Gasteiger charge is 2.60. The van der Waals surface area contributed by atoms with Crippen molar-refractivity contribution in [1.82, 2.24) is 5.32 Å². The first-order valence-electron chi connectivity index (χ1n) is 6.78. The fourth-order valence-electron chi connectivity index (χ4n) is 2.72. The summed E-state index contributed by atoms with van der Waals surface area (Å²) in [6.07, 6.45) is 1.56. The van der Waals surface area contributed by atoms with Crippen molar-refractivity contribution in [2.45, 2.75) is 24.3 Å². The number of nitrogens with one attached hydrogen (secondary N) is 1.